The van der Waals surface area contributed by atoms with Gasteiger partial charge in [-0.15, -0.1) is 11.3 Å². The Bertz CT molecular complexity index is 1400. The van der Waals surface area contributed by atoms with Crippen molar-refractivity contribution in [2.75, 3.05) is 0 Å². The number of hydrogen-bond acceptors (Lipinski definition) is 2. The molecule has 1 nitrogen and oxygen atoms in total. The van der Waals surface area contributed by atoms with Crippen molar-refractivity contribution >= 4 is 21.4 Å². The van der Waals surface area contributed by atoms with E-state index in [2.05, 4.69) is 11.7 Å². The number of halogens is 8. The van der Waals surface area contributed by atoms with Crippen LogP contribution in [0.1, 0.15) is 36.5 Å². The third kappa shape index (κ3) is 6.23. The number of aryl methyl sites for hydroxylation is 1. The normalized spacial score (nSPS) is 12.4. The van der Waals surface area contributed by atoms with Crippen molar-refractivity contribution in [3.63, 3.8) is 0 Å². The fourth-order valence-electron chi connectivity index (χ4n) is 3.93. The Morgan fingerprint density at radius 3 is 2.11 bits per heavy atom. The van der Waals surface area contributed by atoms with E-state index >= 15 is 0 Å². The molecule has 0 unspecified atom stereocenters. The Balaban J connectivity index is 1.49. The van der Waals surface area contributed by atoms with Gasteiger partial charge in [-0.3, -0.25) is 0 Å². The highest BCUT2D eigenvalue weighted by atomic mass is 32.1. The molecular weight excluding hydrogens is 524 g/mol. The summed E-state index contributed by atoms with van der Waals surface area (Å²) in [5, 5.41) is 0.918. The lowest BCUT2D eigenvalue weighted by Crippen LogP contribution is -2.26. The number of benzene rings is 3. The average Bonchev–Trinajstić information content (AvgIpc) is 3.21. The third-order valence-electron chi connectivity index (χ3n) is 5.73. The molecule has 0 radical (unpaired) electrons. The van der Waals surface area contributed by atoms with Gasteiger partial charge < -0.3 is 4.74 Å². The van der Waals surface area contributed by atoms with E-state index in [9.17, 15) is 35.1 Å². The maximum Gasteiger partial charge on any atom is 0.419 e. The van der Waals surface area contributed by atoms with Crippen molar-refractivity contribution in [2.24, 2.45) is 0 Å². The van der Waals surface area contributed by atoms with Crippen LogP contribution in [0, 0.1) is 17.5 Å². The number of alkyl halides is 5. The maximum atomic E-state index is 14.8. The van der Waals surface area contributed by atoms with Crippen molar-refractivity contribution < 1.29 is 39.9 Å². The van der Waals surface area contributed by atoms with Gasteiger partial charge in [0.05, 0.1) is 12.0 Å². The second kappa shape index (κ2) is 10.3. The van der Waals surface area contributed by atoms with Gasteiger partial charge >= 0.3 is 12.3 Å². The zero-order chi connectivity index (χ0) is 27.0. The van der Waals surface area contributed by atoms with Crippen molar-refractivity contribution in [3.8, 4) is 16.2 Å². The number of rotatable bonds is 8. The summed E-state index contributed by atoms with van der Waals surface area (Å²) in [7, 11) is 0. The van der Waals surface area contributed by atoms with Crippen LogP contribution in [0.25, 0.3) is 20.5 Å². The molecule has 0 saturated carbocycles. The molecule has 1 aromatic heterocycles. The van der Waals surface area contributed by atoms with Gasteiger partial charge in [0.1, 0.15) is 23.2 Å². The molecular formula is C27H20F8OS. The zero-order valence-corrected chi connectivity index (χ0v) is 20.2. The molecule has 37 heavy (non-hydrogen) atoms. The second-order valence-electron chi connectivity index (χ2n) is 8.53. The van der Waals surface area contributed by atoms with Crippen LogP contribution in [0.3, 0.4) is 0 Å². The number of thiophene rings is 1. The first-order chi connectivity index (χ1) is 17.4. The average molecular weight is 545 g/mol. The summed E-state index contributed by atoms with van der Waals surface area (Å²) in [4.78, 5) is 0.617. The molecule has 0 aliphatic rings. The number of fused-ring (bicyclic) bond motifs is 1. The molecule has 0 bridgehead atoms. The predicted octanol–water partition coefficient (Wildman–Crippen LogP) is 9.56. The van der Waals surface area contributed by atoms with E-state index in [1.54, 1.807) is 6.07 Å². The molecule has 196 valence electrons. The largest absolute Gasteiger partial charge is 0.432 e. The Labute approximate surface area is 211 Å². The molecule has 4 aromatic rings. The molecule has 0 fully saturated rings. The summed E-state index contributed by atoms with van der Waals surface area (Å²) < 4.78 is 115. The predicted molar refractivity (Wildman–Crippen MR) is 126 cm³/mol. The highest BCUT2D eigenvalue weighted by Gasteiger charge is 2.36. The van der Waals surface area contributed by atoms with Crippen molar-refractivity contribution in [1.82, 2.24) is 0 Å². The smallest absolute Gasteiger partial charge is 0.419 e. The van der Waals surface area contributed by atoms with Crippen LogP contribution in [0.2, 0.25) is 0 Å². The van der Waals surface area contributed by atoms with E-state index in [1.165, 1.54) is 11.3 Å². The fourth-order valence-corrected chi connectivity index (χ4v) is 5.04. The third-order valence-corrected chi connectivity index (χ3v) is 6.87. The summed E-state index contributed by atoms with van der Waals surface area (Å²) in [6, 6.07) is 10.9. The number of ether oxygens (including phenoxy) is 1. The molecule has 0 spiro atoms. The Morgan fingerprint density at radius 2 is 1.49 bits per heavy atom. The molecule has 4 rings (SSSR count). The van der Waals surface area contributed by atoms with Crippen molar-refractivity contribution in [3.05, 3.63) is 88.7 Å². The molecule has 0 atom stereocenters. The van der Waals surface area contributed by atoms with Gasteiger partial charge in [0, 0.05) is 21.2 Å². The van der Waals surface area contributed by atoms with Crippen LogP contribution >= 0.6 is 11.3 Å². The molecule has 0 aliphatic heterocycles. The minimum absolute atomic E-state index is 0.183. The SMILES string of the molecule is CCCc1ccc2cc(-c3cc(F)c(CCC(F)(F)Oc4ccc(C(F)(F)F)c(F)c4)c(F)c3)sc2c1. The van der Waals surface area contributed by atoms with Crippen molar-refractivity contribution in [1.29, 1.82) is 0 Å². The van der Waals surface area contributed by atoms with E-state index in [0.29, 0.717) is 10.9 Å². The number of hydrogen-bond donors (Lipinski definition) is 0. The monoisotopic (exact) mass is 544 g/mol. The van der Waals surface area contributed by atoms with Crippen LogP contribution < -0.4 is 4.74 Å². The van der Waals surface area contributed by atoms with Gasteiger partial charge in [0.15, 0.2) is 0 Å². The standard InChI is InChI=1S/C27H20F8OS/c1-2-3-15-4-5-16-13-25(37-24(16)10-15)17-11-21(28)19(22(29)12-17)8-9-26(31,32)36-18-6-7-20(23(30)14-18)27(33,34)35/h4-7,10-14H,2-3,8-9H2,1H3. The first-order valence-electron chi connectivity index (χ1n) is 11.3. The van der Waals surface area contributed by atoms with Gasteiger partial charge in [0.25, 0.3) is 0 Å². The van der Waals surface area contributed by atoms with E-state index in [0.717, 1.165) is 40.6 Å². The van der Waals surface area contributed by atoms with Crippen molar-refractivity contribution in [2.45, 2.75) is 44.9 Å². The Kier molecular flexibility index (Phi) is 7.50. The van der Waals surface area contributed by atoms with E-state index in [4.69, 9.17) is 0 Å². The molecule has 0 saturated heterocycles. The maximum absolute atomic E-state index is 14.8. The van der Waals surface area contributed by atoms with Gasteiger partial charge in [-0.05, 0) is 65.8 Å². The topological polar surface area (TPSA) is 9.23 Å². The summed E-state index contributed by atoms with van der Waals surface area (Å²) in [6.07, 6.45) is -9.09. The summed E-state index contributed by atoms with van der Waals surface area (Å²) in [5.74, 6) is -4.67. The Hall–Kier alpha value is -3.14. The minimum Gasteiger partial charge on any atom is -0.432 e. The van der Waals surface area contributed by atoms with Crippen LogP contribution in [-0.2, 0) is 19.0 Å². The molecule has 3 aromatic carbocycles. The molecule has 0 aliphatic carbocycles. The second-order valence-corrected chi connectivity index (χ2v) is 9.61. The Morgan fingerprint density at radius 1 is 0.784 bits per heavy atom. The summed E-state index contributed by atoms with van der Waals surface area (Å²) >= 11 is 1.36. The van der Waals surface area contributed by atoms with E-state index in [-0.39, 0.29) is 17.7 Å². The highest BCUT2D eigenvalue weighted by Crippen LogP contribution is 2.37. The van der Waals surface area contributed by atoms with Crippen LogP contribution in [-0.4, -0.2) is 6.11 Å². The lowest BCUT2D eigenvalue weighted by Gasteiger charge is -2.19. The van der Waals surface area contributed by atoms with E-state index in [1.807, 2.05) is 18.2 Å². The van der Waals surface area contributed by atoms with Gasteiger partial charge in [0.2, 0.25) is 0 Å². The molecule has 10 heteroatoms. The molecule has 0 amide bonds. The lowest BCUT2D eigenvalue weighted by atomic mass is 10.0. The molecule has 1 heterocycles. The fraction of sp³-hybridized carbons (Fsp3) is 0.259. The first kappa shape index (κ1) is 26.9. The van der Waals surface area contributed by atoms with Gasteiger partial charge in [-0.25, -0.2) is 13.2 Å². The van der Waals surface area contributed by atoms with Gasteiger partial charge in [-0.1, -0.05) is 25.5 Å². The zero-order valence-electron chi connectivity index (χ0n) is 19.4. The highest BCUT2D eigenvalue weighted by molar-refractivity contribution is 7.22. The minimum atomic E-state index is -5.00. The first-order valence-corrected chi connectivity index (χ1v) is 12.1. The van der Waals surface area contributed by atoms with E-state index < -0.39 is 59.5 Å². The van der Waals surface area contributed by atoms with Crippen LogP contribution in [0.5, 0.6) is 5.75 Å². The van der Waals surface area contributed by atoms with Crippen LogP contribution in [0.15, 0.2) is 54.6 Å². The van der Waals surface area contributed by atoms with Crippen LogP contribution in [0.4, 0.5) is 35.1 Å². The lowest BCUT2D eigenvalue weighted by molar-refractivity contribution is -0.180. The summed E-state index contributed by atoms with van der Waals surface area (Å²) in [6.45, 7) is 2.06. The quantitative estimate of drug-likeness (QED) is 0.201. The molecule has 0 N–H and O–H groups in total. The van der Waals surface area contributed by atoms with Gasteiger partial charge in [-0.2, -0.15) is 22.0 Å². The summed E-state index contributed by atoms with van der Waals surface area (Å²) in [5.41, 5.74) is -0.803.